The molecular formula is C23H31N5O6. The van der Waals surface area contributed by atoms with Crippen LogP contribution in [0.15, 0.2) is 30.5 Å². The lowest BCUT2D eigenvalue weighted by Crippen LogP contribution is -2.61. The van der Waals surface area contributed by atoms with E-state index in [1.165, 1.54) is 13.8 Å². The number of nitrogens with two attached hydrogens (primary N) is 1. The number of fused-ring (bicyclic) bond motifs is 1. The molecule has 0 radical (unpaired) electrons. The van der Waals surface area contributed by atoms with Crippen LogP contribution < -0.4 is 21.7 Å². The summed E-state index contributed by atoms with van der Waals surface area (Å²) in [5.74, 6) is -3.76. The van der Waals surface area contributed by atoms with Crippen molar-refractivity contribution in [2.24, 2.45) is 5.73 Å². The molecule has 1 aromatic carbocycles. The highest BCUT2D eigenvalue weighted by molar-refractivity contribution is 5.96. The average Bonchev–Trinajstić information content (AvgIpc) is 3.17. The molecule has 4 amide bonds. The Balaban J connectivity index is 2.32. The summed E-state index contributed by atoms with van der Waals surface area (Å²) in [5, 5.41) is 17.9. The van der Waals surface area contributed by atoms with Crippen LogP contribution in [0.4, 0.5) is 0 Å². The van der Waals surface area contributed by atoms with Crippen LogP contribution in [0.2, 0.25) is 0 Å². The fraction of sp³-hybridized carbons (Fsp3) is 0.435. The Morgan fingerprint density at radius 1 is 1.12 bits per heavy atom. The molecule has 34 heavy (non-hydrogen) atoms. The number of carbonyl (C=O) groups is 5. The number of amides is 4. The number of aliphatic carboxylic acids is 1. The minimum absolute atomic E-state index is 0.0591. The van der Waals surface area contributed by atoms with Crippen LogP contribution in [0.1, 0.15) is 45.6 Å². The lowest BCUT2D eigenvalue weighted by Gasteiger charge is -2.30. The normalized spacial score (nSPS) is 14.4. The minimum atomic E-state index is -1.37. The van der Waals surface area contributed by atoms with Crippen LogP contribution in [0.3, 0.4) is 0 Å². The van der Waals surface area contributed by atoms with E-state index in [1.807, 2.05) is 24.3 Å². The molecule has 184 valence electrons. The van der Waals surface area contributed by atoms with Crippen LogP contribution in [0, 0.1) is 0 Å². The van der Waals surface area contributed by atoms with E-state index in [1.54, 1.807) is 13.1 Å². The van der Waals surface area contributed by atoms with Crippen LogP contribution in [0.5, 0.6) is 0 Å². The van der Waals surface area contributed by atoms with Crippen molar-refractivity contribution in [1.82, 2.24) is 20.9 Å². The third-order valence-electron chi connectivity index (χ3n) is 5.67. The summed E-state index contributed by atoms with van der Waals surface area (Å²) in [7, 11) is 0. The highest BCUT2D eigenvalue weighted by Crippen LogP contribution is 2.20. The third-order valence-corrected chi connectivity index (χ3v) is 5.67. The molecule has 1 aromatic heterocycles. The first kappa shape index (κ1) is 26.4. The third kappa shape index (κ3) is 6.80. The lowest BCUT2D eigenvalue weighted by atomic mass is 9.95. The van der Waals surface area contributed by atoms with Gasteiger partial charge in [-0.25, -0.2) is 4.79 Å². The van der Waals surface area contributed by atoms with E-state index in [0.29, 0.717) is 0 Å². The number of para-hydroxylation sites is 1. The molecule has 0 saturated heterocycles. The molecule has 3 unspecified atom stereocenters. The maximum atomic E-state index is 13.1. The molecule has 0 fully saturated rings. The lowest BCUT2D eigenvalue weighted by molar-refractivity contribution is -0.142. The molecule has 11 heteroatoms. The molecular weight excluding hydrogens is 442 g/mol. The topological polar surface area (TPSA) is 183 Å². The standard InChI is InChI=1S/C23H31N5O6/c1-4-23(3,28-13(2)29)22(34)27-18(11-14-12-25-16-8-6-5-7-15(14)16)20(31)26-17(21(32)33)9-10-19(24)30/h5-8,12,17-18,25H,4,9-11H2,1-3H3,(H2,24,30)(H,26,31)(H,27,34)(H,28,29)(H,32,33). The van der Waals surface area contributed by atoms with E-state index in [9.17, 15) is 29.1 Å². The van der Waals surface area contributed by atoms with Crippen molar-refractivity contribution in [3.05, 3.63) is 36.0 Å². The first-order chi connectivity index (χ1) is 16.0. The van der Waals surface area contributed by atoms with Crippen molar-refractivity contribution in [3.63, 3.8) is 0 Å². The molecule has 2 aromatic rings. The largest absolute Gasteiger partial charge is 0.480 e. The number of benzene rings is 1. The van der Waals surface area contributed by atoms with Gasteiger partial charge in [0.05, 0.1) is 0 Å². The number of hydrogen-bond acceptors (Lipinski definition) is 5. The van der Waals surface area contributed by atoms with E-state index in [4.69, 9.17) is 5.73 Å². The van der Waals surface area contributed by atoms with Crippen molar-refractivity contribution in [3.8, 4) is 0 Å². The zero-order valence-corrected chi connectivity index (χ0v) is 19.4. The van der Waals surface area contributed by atoms with Crippen LogP contribution >= 0.6 is 0 Å². The van der Waals surface area contributed by atoms with Gasteiger partial charge in [0.1, 0.15) is 17.6 Å². The Kier molecular flexibility index (Phi) is 8.76. The first-order valence-corrected chi connectivity index (χ1v) is 10.9. The van der Waals surface area contributed by atoms with Gasteiger partial charge in [-0.15, -0.1) is 0 Å². The molecule has 2 rings (SSSR count). The summed E-state index contributed by atoms with van der Waals surface area (Å²) in [5.41, 5.74) is 5.40. The Hall–Kier alpha value is -3.89. The number of carboxylic acids is 1. The number of carbonyl (C=O) groups excluding carboxylic acids is 4. The average molecular weight is 474 g/mol. The predicted molar refractivity (Wildman–Crippen MR) is 124 cm³/mol. The Morgan fingerprint density at radius 3 is 2.38 bits per heavy atom. The van der Waals surface area contributed by atoms with Crippen molar-refractivity contribution in [2.45, 2.75) is 64.1 Å². The number of primary amides is 1. The molecule has 0 aliphatic carbocycles. The molecule has 7 N–H and O–H groups in total. The Labute approximate surface area is 196 Å². The SMILES string of the molecule is CCC(C)(NC(C)=O)C(=O)NC(Cc1c[nH]c2ccccc12)C(=O)NC(CCC(N)=O)C(=O)O. The van der Waals surface area contributed by atoms with E-state index >= 15 is 0 Å². The number of H-pyrrole nitrogens is 1. The highest BCUT2D eigenvalue weighted by atomic mass is 16.4. The van der Waals surface area contributed by atoms with Gasteiger partial charge < -0.3 is 31.8 Å². The van der Waals surface area contributed by atoms with Gasteiger partial charge in [-0.1, -0.05) is 25.1 Å². The van der Waals surface area contributed by atoms with Crippen molar-refractivity contribution in [2.75, 3.05) is 0 Å². The van der Waals surface area contributed by atoms with Gasteiger partial charge in [0.15, 0.2) is 0 Å². The second kappa shape index (κ2) is 11.3. The van der Waals surface area contributed by atoms with E-state index in [2.05, 4.69) is 20.9 Å². The smallest absolute Gasteiger partial charge is 0.326 e. The van der Waals surface area contributed by atoms with Gasteiger partial charge in [-0.2, -0.15) is 0 Å². The van der Waals surface area contributed by atoms with Crippen molar-refractivity contribution >= 4 is 40.5 Å². The zero-order chi connectivity index (χ0) is 25.5. The second-order valence-electron chi connectivity index (χ2n) is 8.36. The second-order valence-corrected chi connectivity index (χ2v) is 8.36. The summed E-state index contributed by atoms with van der Waals surface area (Å²) in [6.07, 6.45) is 1.61. The fourth-order valence-electron chi connectivity index (χ4n) is 3.56. The van der Waals surface area contributed by atoms with E-state index < -0.39 is 47.2 Å². The Morgan fingerprint density at radius 2 is 1.79 bits per heavy atom. The first-order valence-electron chi connectivity index (χ1n) is 10.9. The summed E-state index contributed by atoms with van der Waals surface area (Å²) in [6, 6.07) is 4.89. The predicted octanol–water partition coefficient (Wildman–Crippen LogP) is 0.335. The van der Waals surface area contributed by atoms with Crippen molar-refractivity contribution in [1.29, 1.82) is 0 Å². The van der Waals surface area contributed by atoms with Crippen LogP contribution in [0.25, 0.3) is 10.9 Å². The molecule has 0 bridgehead atoms. The fourth-order valence-corrected chi connectivity index (χ4v) is 3.56. The number of carboxylic acid groups (broad SMARTS) is 1. The molecule has 1 heterocycles. The summed E-state index contributed by atoms with van der Waals surface area (Å²) in [4.78, 5) is 63.6. The van der Waals surface area contributed by atoms with Crippen molar-refractivity contribution < 1.29 is 29.1 Å². The monoisotopic (exact) mass is 473 g/mol. The molecule has 0 aliphatic rings. The Bertz CT molecular complexity index is 1080. The van der Waals surface area contributed by atoms with Gasteiger partial charge in [-0.3, -0.25) is 19.2 Å². The number of nitrogens with one attached hydrogen (secondary N) is 4. The summed E-state index contributed by atoms with van der Waals surface area (Å²) >= 11 is 0. The highest BCUT2D eigenvalue weighted by Gasteiger charge is 2.36. The van der Waals surface area contributed by atoms with Gasteiger partial charge >= 0.3 is 5.97 Å². The van der Waals surface area contributed by atoms with Gasteiger partial charge in [0.25, 0.3) is 0 Å². The van der Waals surface area contributed by atoms with E-state index in [0.717, 1.165) is 16.5 Å². The number of hydrogen-bond donors (Lipinski definition) is 6. The van der Waals surface area contributed by atoms with Crippen LogP contribution in [-0.4, -0.2) is 57.3 Å². The maximum Gasteiger partial charge on any atom is 0.326 e. The molecule has 0 saturated carbocycles. The number of aromatic amines is 1. The van der Waals surface area contributed by atoms with Gasteiger partial charge in [-0.05, 0) is 31.4 Å². The summed E-state index contributed by atoms with van der Waals surface area (Å²) < 4.78 is 0. The van der Waals surface area contributed by atoms with Gasteiger partial charge in [0.2, 0.25) is 23.6 Å². The molecule has 0 aliphatic heterocycles. The van der Waals surface area contributed by atoms with E-state index in [-0.39, 0.29) is 25.7 Å². The molecule has 0 spiro atoms. The molecule has 3 atom stereocenters. The number of aromatic nitrogens is 1. The van der Waals surface area contributed by atoms with Gasteiger partial charge in [0, 0.05) is 36.9 Å². The maximum absolute atomic E-state index is 13.1. The quantitative estimate of drug-likeness (QED) is 0.258. The molecule has 11 nitrogen and oxygen atoms in total. The number of rotatable bonds is 12. The minimum Gasteiger partial charge on any atom is -0.480 e. The van der Waals surface area contributed by atoms with Crippen LogP contribution in [-0.2, 0) is 30.4 Å². The zero-order valence-electron chi connectivity index (χ0n) is 19.4. The summed E-state index contributed by atoms with van der Waals surface area (Å²) in [6.45, 7) is 4.54.